The monoisotopic (exact) mass is 310 g/mol. The SMILES string of the molecule is CCC1CNC2(CCCCC2)CN1c1cccc(Cl)c1F. The minimum Gasteiger partial charge on any atom is -0.363 e. The Morgan fingerprint density at radius 2 is 2.10 bits per heavy atom. The lowest BCUT2D eigenvalue weighted by Gasteiger charge is -2.50. The summed E-state index contributed by atoms with van der Waals surface area (Å²) in [4.78, 5) is 2.25. The Bertz CT molecular complexity index is 500. The number of anilines is 1. The molecular weight excluding hydrogens is 287 g/mol. The van der Waals surface area contributed by atoms with E-state index in [2.05, 4.69) is 17.1 Å². The summed E-state index contributed by atoms with van der Waals surface area (Å²) in [6, 6.07) is 5.68. The highest BCUT2D eigenvalue weighted by atomic mass is 35.5. The Kier molecular flexibility index (Phi) is 4.41. The molecule has 4 heteroatoms. The zero-order valence-electron chi connectivity index (χ0n) is 12.7. The molecule has 0 bridgehead atoms. The molecule has 0 radical (unpaired) electrons. The van der Waals surface area contributed by atoms with Gasteiger partial charge in [0, 0.05) is 24.7 Å². The molecule has 1 saturated heterocycles. The first-order valence-electron chi connectivity index (χ1n) is 8.11. The summed E-state index contributed by atoms with van der Waals surface area (Å²) < 4.78 is 14.5. The van der Waals surface area contributed by atoms with E-state index >= 15 is 0 Å². The van der Waals surface area contributed by atoms with E-state index in [1.807, 2.05) is 12.1 Å². The quantitative estimate of drug-likeness (QED) is 0.872. The lowest BCUT2D eigenvalue weighted by Crippen LogP contribution is -2.65. The molecule has 1 saturated carbocycles. The number of hydrogen-bond acceptors (Lipinski definition) is 2. The third kappa shape index (κ3) is 2.91. The molecule has 1 unspecified atom stereocenters. The van der Waals surface area contributed by atoms with Crippen molar-refractivity contribution in [2.75, 3.05) is 18.0 Å². The predicted octanol–water partition coefficient (Wildman–Crippen LogP) is 4.37. The summed E-state index contributed by atoms with van der Waals surface area (Å²) in [5.74, 6) is -0.273. The van der Waals surface area contributed by atoms with Gasteiger partial charge in [0.25, 0.3) is 0 Å². The third-order valence-electron chi connectivity index (χ3n) is 5.15. The van der Waals surface area contributed by atoms with Crippen molar-refractivity contribution < 1.29 is 4.39 Å². The highest BCUT2D eigenvalue weighted by molar-refractivity contribution is 6.31. The van der Waals surface area contributed by atoms with E-state index in [0.717, 1.165) is 19.5 Å². The van der Waals surface area contributed by atoms with Crippen molar-refractivity contribution in [1.82, 2.24) is 5.32 Å². The van der Waals surface area contributed by atoms with Crippen molar-refractivity contribution in [3.8, 4) is 0 Å². The molecule has 1 N–H and O–H groups in total. The lowest BCUT2D eigenvalue weighted by atomic mass is 9.79. The van der Waals surface area contributed by atoms with Crippen LogP contribution in [0.1, 0.15) is 45.4 Å². The zero-order chi connectivity index (χ0) is 14.9. The molecule has 2 aliphatic rings. The molecule has 3 rings (SSSR count). The average molecular weight is 311 g/mol. The first kappa shape index (κ1) is 15.1. The van der Waals surface area contributed by atoms with Crippen LogP contribution in [-0.4, -0.2) is 24.7 Å². The number of nitrogens with zero attached hydrogens (tertiary/aromatic N) is 1. The van der Waals surface area contributed by atoms with Crippen molar-refractivity contribution in [1.29, 1.82) is 0 Å². The first-order valence-corrected chi connectivity index (χ1v) is 8.49. The normalized spacial score (nSPS) is 25.3. The van der Waals surface area contributed by atoms with Crippen molar-refractivity contribution in [3.63, 3.8) is 0 Å². The number of piperazine rings is 1. The number of halogens is 2. The molecule has 1 aliphatic carbocycles. The lowest BCUT2D eigenvalue weighted by molar-refractivity contribution is 0.195. The van der Waals surface area contributed by atoms with Crippen LogP contribution in [0.4, 0.5) is 10.1 Å². The summed E-state index contributed by atoms with van der Waals surface area (Å²) in [6.45, 7) is 3.99. The van der Waals surface area contributed by atoms with Crippen LogP contribution in [0.2, 0.25) is 5.02 Å². The molecule has 1 aliphatic heterocycles. The van der Waals surface area contributed by atoms with Gasteiger partial charge in [-0.15, -0.1) is 0 Å². The second-order valence-corrected chi connectivity index (χ2v) is 6.89. The summed E-state index contributed by atoms with van der Waals surface area (Å²) in [6.07, 6.45) is 7.27. The molecule has 1 atom stereocenters. The third-order valence-corrected chi connectivity index (χ3v) is 5.44. The Morgan fingerprint density at radius 3 is 2.81 bits per heavy atom. The second-order valence-electron chi connectivity index (χ2n) is 6.48. The minimum absolute atomic E-state index is 0.165. The van der Waals surface area contributed by atoms with Gasteiger partial charge in [0.15, 0.2) is 5.82 Å². The van der Waals surface area contributed by atoms with Crippen LogP contribution in [0, 0.1) is 5.82 Å². The first-order chi connectivity index (χ1) is 10.2. The Balaban J connectivity index is 1.90. The van der Waals surface area contributed by atoms with Crippen molar-refractivity contribution >= 4 is 17.3 Å². The molecule has 0 aromatic heterocycles. The Hall–Kier alpha value is -0.800. The smallest absolute Gasteiger partial charge is 0.165 e. The molecular formula is C17H24ClFN2. The van der Waals surface area contributed by atoms with E-state index in [1.54, 1.807) is 6.07 Å². The molecule has 2 fully saturated rings. The van der Waals surface area contributed by atoms with Gasteiger partial charge in [-0.05, 0) is 31.4 Å². The van der Waals surface area contributed by atoms with E-state index in [0.29, 0.717) is 11.7 Å². The van der Waals surface area contributed by atoms with Crippen LogP contribution < -0.4 is 10.2 Å². The second kappa shape index (κ2) is 6.13. The summed E-state index contributed by atoms with van der Waals surface area (Å²) in [5, 5.41) is 3.99. The van der Waals surface area contributed by atoms with Gasteiger partial charge in [0.05, 0.1) is 10.7 Å². The standard InChI is InChI=1S/C17H24ClFN2/c1-2-13-11-20-17(9-4-3-5-10-17)12-21(13)15-8-6-7-14(18)16(15)19/h6-8,13,20H,2-5,9-12H2,1H3. The van der Waals surface area contributed by atoms with E-state index in [-0.39, 0.29) is 16.4 Å². The van der Waals surface area contributed by atoms with Gasteiger partial charge in [-0.2, -0.15) is 0 Å². The van der Waals surface area contributed by atoms with Gasteiger partial charge in [0.2, 0.25) is 0 Å². The number of hydrogen-bond donors (Lipinski definition) is 1. The van der Waals surface area contributed by atoms with Crippen molar-refractivity contribution in [2.24, 2.45) is 0 Å². The van der Waals surface area contributed by atoms with Gasteiger partial charge >= 0.3 is 0 Å². The maximum atomic E-state index is 14.5. The minimum atomic E-state index is -0.273. The molecule has 1 aromatic rings. The molecule has 116 valence electrons. The van der Waals surface area contributed by atoms with Crippen molar-refractivity contribution in [2.45, 2.75) is 57.0 Å². The summed E-state index contributed by atoms with van der Waals surface area (Å²) >= 11 is 5.98. The number of benzene rings is 1. The van der Waals surface area contributed by atoms with Gasteiger partial charge in [-0.3, -0.25) is 0 Å². The van der Waals surface area contributed by atoms with Gasteiger partial charge < -0.3 is 10.2 Å². The average Bonchev–Trinajstić information content (AvgIpc) is 2.51. The number of rotatable bonds is 2. The summed E-state index contributed by atoms with van der Waals surface area (Å²) in [7, 11) is 0. The van der Waals surface area contributed by atoms with E-state index in [9.17, 15) is 4.39 Å². The van der Waals surface area contributed by atoms with Gasteiger partial charge in [-0.1, -0.05) is 43.9 Å². The zero-order valence-corrected chi connectivity index (χ0v) is 13.4. The highest BCUT2D eigenvalue weighted by Gasteiger charge is 2.40. The molecule has 1 spiro atoms. The molecule has 1 heterocycles. The molecule has 1 aromatic carbocycles. The molecule has 2 nitrogen and oxygen atoms in total. The van der Waals surface area contributed by atoms with E-state index in [4.69, 9.17) is 11.6 Å². The van der Waals surface area contributed by atoms with Gasteiger partial charge in [-0.25, -0.2) is 4.39 Å². The van der Waals surface area contributed by atoms with Crippen LogP contribution in [0.25, 0.3) is 0 Å². The highest BCUT2D eigenvalue weighted by Crippen LogP contribution is 2.36. The Morgan fingerprint density at radius 1 is 1.33 bits per heavy atom. The van der Waals surface area contributed by atoms with Gasteiger partial charge in [0.1, 0.15) is 0 Å². The molecule has 0 amide bonds. The maximum absolute atomic E-state index is 14.5. The number of nitrogens with one attached hydrogen (secondary N) is 1. The fourth-order valence-corrected chi connectivity index (χ4v) is 4.05. The van der Waals surface area contributed by atoms with E-state index < -0.39 is 0 Å². The van der Waals surface area contributed by atoms with Crippen LogP contribution in [-0.2, 0) is 0 Å². The van der Waals surface area contributed by atoms with Crippen LogP contribution in [0.3, 0.4) is 0 Å². The van der Waals surface area contributed by atoms with Crippen LogP contribution in [0.15, 0.2) is 18.2 Å². The topological polar surface area (TPSA) is 15.3 Å². The predicted molar refractivity (Wildman–Crippen MR) is 86.7 cm³/mol. The fourth-order valence-electron chi connectivity index (χ4n) is 3.88. The largest absolute Gasteiger partial charge is 0.363 e. The Labute approximate surface area is 131 Å². The van der Waals surface area contributed by atoms with Crippen LogP contribution >= 0.6 is 11.6 Å². The fraction of sp³-hybridized carbons (Fsp3) is 0.647. The maximum Gasteiger partial charge on any atom is 0.165 e. The van der Waals surface area contributed by atoms with Crippen LogP contribution in [0.5, 0.6) is 0 Å². The molecule has 21 heavy (non-hydrogen) atoms. The van der Waals surface area contributed by atoms with Crippen molar-refractivity contribution in [3.05, 3.63) is 29.0 Å². The van der Waals surface area contributed by atoms with E-state index in [1.165, 1.54) is 32.1 Å². The summed E-state index contributed by atoms with van der Waals surface area (Å²) in [5.41, 5.74) is 0.833.